The molecule has 1 aliphatic rings. The molecule has 2 amide bonds. The fourth-order valence-corrected chi connectivity index (χ4v) is 7.17. The summed E-state index contributed by atoms with van der Waals surface area (Å²) in [7, 11) is -3.58. The lowest BCUT2D eigenvalue weighted by molar-refractivity contribution is -0.113. The summed E-state index contributed by atoms with van der Waals surface area (Å²) in [6.45, 7) is 5.05. The van der Waals surface area contributed by atoms with E-state index < -0.39 is 10.0 Å². The minimum atomic E-state index is -3.58. The predicted octanol–water partition coefficient (Wildman–Crippen LogP) is 4.72. The number of nitrogens with zero attached hydrogens (tertiary/aromatic N) is 4. The molecule has 1 aromatic heterocycles. The molecule has 0 bridgehead atoms. The molecule has 1 fully saturated rings. The lowest BCUT2D eigenvalue weighted by Crippen LogP contribution is -2.35. The molecule has 1 saturated heterocycles. The molecule has 1 aliphatic heterocycles. The highest BCUT2D eigenvalue weighted by atomic mass is 32.2. The molecule has 2 heterocycles. The van der Waals surface area contributed by atoms with Gasteiger partial charge in [-0.1, -0.05) is 42.4 Å². The van der Waals surface area contributed by atoms with Gasteiger partial charge >= 0.3 is 0 Å². The van der Waals surface area contributed by atoms with Gasteiger partial charge in [-0.15, -0.1) is 10.2 Å². The largest absolute Gasteiger partial charge is 0.345 e. The molecule has 0 atom stereocenters. The lowest BCUT2D eigenvalue weighted by Gasteiger charge is -2.25. The Bertz CT molecular complexity index is 1710. The van der Waals surface area contributed by atoms with Gasteiger partial charge in [-0.2, -0.15) is 4.31 Å². The fraction of sp³-hybridized carbons (Fsp3) is 0.290. The minimum absolute atomic E-state index is 0.0731. The van der Waals surface area contributed by atoms with Crippen LogP contribution in [-0.2, 0) is 21.4 Å². The van der Waals surface area contributed by atoms with Crippen molar-refractivity contribution in [3.8, 4) is 5.69 Å². The van der Waals surface area contributed by atoms with Gasteiger partial charge in [0.2, 0.25) is 15.9 Å². The van der Waals surface area contributed by atoms with E-state index in [1.54, 1.807) is 0 Å². The van der Waals surface area contributed by atoms with Crippen LogP contribution in [0.15, 0.2) is 82.8 Å². The quantitative estimate of drug-likeness (QED) is 0.246. The number of hydrogen-bond donors (Lipinski definition) is 2. The third-order valence-corrected chi connectivity index (χ3v) is 9.91. The number of carbonyl (C=O) groups is 2. The molecule has 0 unspecified atom stereocenters. The third kappa shape index (κ3) is 7.51. The summed E-state index contributed by atoms with van der Waals surface area (Å²) in [5.74, 6) is 0.0731. The van der Waals surface area contributed by atoms with E-state index >= 15 is 0 Å². The summed E-state index contributed by atoms with van der Waals surface area (Å²) in [4.78, 5) is 25.9. The topological polar surface area (TPSA) is 126 Å². The second-order valence-electron chi connectivity index (χ2n) is 10.5. The molecule has 4 aromatic rings. The van der Waals surface area contributed by atoms with E-state index in [1.807, 2.05) is 66.9 Å². The molecule has 10 nitrogen and oxygen atoms in total. The Morgan fingerprint density at radius 1 is 0.884 bits per heavy atom. The van der Waals surface area contributed by atoms with Crippen LogP contribution in [0.3, 0.4) is 0 Å². The Hall–Kier alpha value is -4.00. The van der Waals surface area contributed by atoms with Crippen molar-refractivity contribution in [3.05, 3.63) is 95.3 Å². The number of nitrogens with one attached hydrogen (secondary N) is 2. The average molecular weight is 619 g/mol. The fourth-order valence-electron chi connectivity index (χ4n) is 4.88. The van der Waals surface area contributed by atoms with Crippen LogP contribution >= 0.6 is 11.8 Å². The Kier molecular flexibility index (Phi) is 9.59. The summed E-state index contributed by atoms with van der Waals surface area (Å²) >= 11 is 1.25. The predicted molar refractivity (Wildman–Crippen MR) is 167 cm³/mol. The summed E-state index contributed by atoms with van der Waals surface area (Å²) in [5.41, 5.74) is 3.96. The molecule has 224 valence electrons. The first-order chi connectivity index (χ1) is 20.7. The van der Waals surface area contributed by atoms with Crippen molar-refractivity contribution < 1.29 is 18.0 Å². The number of thioether (sulfide) groups is 1. The number of amides is 2. The van der Waals surface area contributed by atoms with Crippen LogP contribution in [0.25, 0.3) is 5.69 Å². The summed E-state index contributed by atoms with van der Waals surface area (Å²) < 4.78 is 29.2. The van der Waals surface area contributed by atoms with Crippen LogP contribution < -0.4 is 10.6 Å². The van der Waals surface area contributed by atoms with E-state index in [-0.39, 0.29) is 29.0 Å². The summed E-state index contributed by atoms with van der Waals surface area (Å²) in [6.07, 6.45) is 2.74. The van der Waals surface area contributed by atoms with Gasteiger partial charge in [-0.25, -0.2) is 8.42 Å². The molecule has 2 N–H and O–H groups in total. The number of hydrogen-bond acceptors (Lipinski definition) is 7. The van der Waals surface area contributed by atoms with Crippen LogP contribution in [0.5, 0.6) is 0 Å². The number of carbonyl (C=O) groups excluding carboxylic acids is 2. The maximum atomic E-state index is 13.0. The highest BCUT2D eigenvalue weighted by Crippen LogP contribution is 2.24. The van der Waals surface area contributed by atoms with Crippen LogP contribution in [0.4, 0.5) is 5.69 Å². The minimum Gasteiger partial charge on any atom is -0.345 e. The monoisotopic (exact) mass is 618 g/mol. The highest BCUT2D eigenvalue weighted by Gasteiger charge is 2.26. The third-order valence-electron chi connectivity index (χ3n) is 7.07. The first-order valence-electron chi connectivity index (χ1n) is 14.1. The number of aryl methyl sites for hydroxylation is 2. The van der Waals surface area contributed by atoms with Crippen LogP contribution in [0, 0.1) is 13.8 Å². The summed E-state index contributed by atoms with van der Waals surface area (Å²) in [6, 6.07) is 21.4. The van der Waals surface area contributed by atoms with Gasteiger partial charge in [-0.05, 0) is 86.3 Å². The van der Waals surface area contributed by atoms with Gasteiger partial charge in [0.1, 0.15) is 0 Å². The van der Waals surface area contributed by atoms with Crippen molar-refractivity contribution in [3.63, 3.8) is 0 Å². The van der Waals surface area contributed by atoms with Crippen LogP contribution in [0.1, 0.15) is 46.6 Å². The summed E-state index contributed by atoms with van der Waals surface area (Å²) in [5, 5.41) is 14.9. The molecular weight excluding hydrogens is 585 g/mol. The molecule has 3 aromatic carbocycles. The molecule has 0 saturated carbocycles. The van der Waals surface area contributed by atoms with E-state index in [2.05, 4.69) is 20.8 Å². The normalized spacial score (nSPS) is 13.9. The second kappa shape index (κ2) is 13.5. The number of piperidine rings is 1. The number of rotatable bonds is 10. The molecule has 0 aliphatic carbocycles. The zero-order valence-electron chi connectivity index (χ0n) is 24.1. The van der Waals surface area contributed by atoms with Gasteiger partial charge in [0.25, 0.3) is 5.91 Å². The molecule has 5 rings (SSSR count). The van der Waals surface area contributed by atoms with Crippen molar-refractivity contribution >= 4 is 39.3 Å². The van der Waals surface area contributed by atoms with E-state index in [0.717, 1.165) is 41.8 Å². The molecule has 0 spiro atoms. The first kappa shape index (κ1) is 30.5. The SMILES string of the molecule is Cc1cccc(NC(=O)CSc2nnc(CNC(=O)c3ccc(S(=O)(=O)N4CCCCC4)cc3)n2-c2cccc(C)c2)c1. The van der Waals surface area contributed by atoms with E-state index in [1.165, 1.54) is 40.3 Å². The smallest absolute Gasteiger partial charge is 0.251 e. The maximum Gasteiger partial charge on any atom is 0.251 e. The number of aromatic nitrogens is 3. The first-order valence-corrected chi connectivity index (χ1v) is 16.5. The molecule has 0 radical (unpaired) electrons. The van der Waals surface area contributed by atoms with Crippen molar-refractivity contribution in [1.82, 2.24) is 24.4 Å². The van der Waals surface area contributed by atoms with Crippen molar-refractivity contribution in [2.45, 2.75) is 49.7 Å². The van der Waals surface area contributed by atoms with Crippen LogP contribution in [-0.4, -0.2) is 58.1 Å². The molecule has 12 heteroatoms. The highest BCUT2D eigenvalue weighted by molar-refractivity contribution is 7.99. The molecule has 43 heavy (non-hydrogen) atoms. The number of anilines is 1. The van der Waals surface area contributed by atoms with E-state index in [9.17, 15) is 18.0 Å². The molecular formula is C31H34N6O4S2. The van der Waals surface area contributed by atoms with Gasteiger partial charge in [0, 0.05) is 30.0 Å². The van der Waals surface area contributed by atoms with Crippen molar-refractivity contribution in [2.24, 2.45) is 0 Å². The number of sulfonamides is 1. The maximum absolute atomic E-state index is 13.0. The zero-order chi connectivity index (χ0) is 30.4. The average Bonchev–Trinajstić information content (AvgIpc) is 3.42. The Balaban J connectivity index is 1.28. The zero-order valence-corrected chi connectivity index (χ0v) is 25.7. The van der Waals surface area contributed by atoms with Crippen LogP contribution in [0.2, 0.25) is 0 Å². The Morgan fingerprint density at radius 2 is 1.58 bits per heavy atom. The Labute approximate surface area is 256 Å². The van der Waals surface area contributed by atoms with Gasteiger partial charge in [-0.3, -0.25) is 14.2 Å². The van der Waals surface area contributed by atoms with Gasteiger partial charge < -0.3 is 10.6 Å². The van der Waals surface area contributed by atoms with E-state index in [0.29, 0.717) is 29.6 Å². The Morgan fingerprint density at radius 3 is 2.28 bits per heavy atom. The second-order valence-corrected chi connectivity index (χ2v) is 13.3. The lowest BCUT2D eigenvalue weighted by atomic mass is 10.2. The van der Waals surface area contributed by atoms with Gasteiger partial charge in [0.15, 0.2) is 11.0 Å². The van der Waals surface area contributed by atoms with Gasteiger partial charge in [0.05, 0.1) is 17.2 Å². The van der Waals surface area contributed by atoms with Crippen molar-refractivity contribution in [1.29, 1.82) is 0 Å². The standard InChI is InChI=1S/C31H34N6O4S2/c1-22-8-6-10-25(18-22)33-29(38)21-42-31-35-34-28(37(31)26-11-7-9-23(2)19-26)20-32-30(39)24-12-14-27(15-13-24)43(40,41)36-16-4-3-5-17-36/h6-15,18-19H,3-5,16-17,20-21H2,1-2H3,(H,32,39)(H,33,38). The van der Waals surface area contributed by atoms with E-state index in [4.69, 9.17) is 0 Å². The van der Waals surface area contributed by atoms with Crippen molar-refractivity contribution in [2.75, 3.05) is 24.2 Å². The number of benzene rings is 3.